The second-order valence-electron chi connectivity index (χ2n) is 6.33. The van der Waals surface area contributed by atoms with Crippen LogP contribution in [-0.4, -0.2) is 40.0 Å². The second-order valence-corrected chi connectivity index (χ2v) is 7.90. The highest BCUT2D eigenvalue weighted by Gasteiger charge is 2.66. The Balaban J connectivity index is 1.97. The first-order chi connectivity index (χ1) is 11.7. The fraction of sp³-hybridized carbons (Fsp3) is 0.643. The number of fused-ring (bicyclic) bond motifs is 1. The van der Waals surface area contributed by atoms with E-state index < -0.39 is 37.5 Å². The van der Waals surface area contributed by atoms with Gasteiger partial charge in [0.1, 0.15) is 11.9 Å². The predicted molar refractivity (Wildman–Crippen MR) is 86.5 cm³/mol. The molecular formula is C14H19N4O6P. The Kier molecular flexibility index (Phi) is 4.47. The van der Waals surface area contributed by atoms with Gasteiger partial charge in [-0.15, -0.1) is 0 Å². The molecule has 2 N–H and O–H groups in total. The first-order valence-electron chi connectivity index (χ1n) is 7.68. The number of phosphoric acid groups is 1. The van der Waals surface area contributed by atoms with E-state index in [2.05, 4.69) is 9.83 Å². The van der Waals surface area contributed by atoms with Crippen LogP contribution >= 0.6 is 7.82 Å². The normalized spacial score (nSPS) is 37.6. The van der Waals surface area contributed by atoms with Crippen molar-refractivity contribution in [3.8, 4) is 0 Å². The Labute approximate surface area is 144 Å². The van der Waals surface area contributed by atoms with Gasteiger partial charge in [-0.25, -0.2) is 15.9 Å². The van der Waals surface area contributed by atoms with Crippen molar-refractivity contribution in [3.05, 3.63) is 34.2 Å². The monoisotopic (exact) mass is 370 g/mol. The summed E-state index contributed by atoms with van der Waals surface area (Å²) >= 11 is 0. The third-order valence-electron chi connectivity index (χ3n) is 4.04. The zero-order valence-electron chi connectivity index (χ0n) is 14.0. The lowest BCUT2D eigenvalue weighted by atomic mass is 9.93. The van der Waals surface area contributed by atoms with Gasteiger partial charge in [-0.2, -0.15) is 4.98 Å². The molecule has 0 spiro atoms. The third-order valence-corrected chi connectivity index (χ3v) is 5.67. The number of nitrogens with two attached hydrogens (primary N) is 1. The Morgan fingerprint density at radius 3 is 2.92 bits per heavy atom. The van der Waals surface area contributed by atoms with Crippen LogP contribution < -0.4 is 11.4 Å². The fourth-order valence-corrected chi connectivity index (χ4v) is 4.56. The van der Waals surface area contributed by atoms with E-state index in [1.807, 2.05) is 0 Å². The number of hydrogen-bond acceptors (Lipinski definition) is 8. The van der Waals surface area contributed by atoms with Gasteiger partial charge in [0.2, 0.25) is 6.23 Å². The number of ether oxygens (including phenoxy) is 1. The Hall–Kier alpha value is -1.76. The van der Waals surface area contributed by atoms with Crippen molar-refractivity contribution in [3.63, 3.8) is 0 Å². The van der Waals surface area contributed by atoms with E-state index in [0.29, 0.717) is 0 Å². The molecule has 2 fully saturated rings. The zero-order chi connectivity index (χ0) is 18.4. The number of rotatable bonds is 3. The molecule has 0 aliphatic carbocycles. The summed E-state index contributed by atoms with van der Waals surface area (Å²) in [6, 6.07) is 1.43. The minimum absolute atomic E-state index is 0.0654. The quantitative estimate of drug-likeness (QED) is 0.625. The summed E-state index contributed by atoms with van der Waals surface area (Å²) in [5.74, 6) is 0.0654. The van der Waals surface area contributed by atoms with Gasteiger partial charge in [-0.05, 0) is 19.9 Å². The van der Waals surface area contributed by atoms with Gasteiger partial charge in [0.25, 0.3) is 0 Å². The molecule has 11 heteroatoms. The number of aromatic nitrogens is 2. The smallest absolute Gasteiger partial charge is 0.383 e. The highest BCUT2D eigenvalue weighted by atomic mass is 31.2. The van der Waals surface area contributed by atoms with Crippen LogP contribution in [0.1, 0.15) is 27.0 Å². The van der Waals surface area contributed by atoms with Gasteiger partial charge >= 0.3 is 19.1 Å². The van der Waals surface area contributed by atoms with Crippen LogP contribution in [0.5, 0.6) is 0 Å². The molecule has 25 heavy (non-hydrogen) atoms. The maximum Gasteiger partial charge on any atom is 0.475 e. The fourth-order valence-electron chi connectivity index (χ4n) is 2.91. The first-order valence-corrected chi connectivity index (χ1v) is 9.15. The molecule has 0 bridgehead atoms. The molecule has 136 valence electrons. The van der Waals surface area contributed by atoms with Crippen LogP contribution in [0.3, 0.4) is 0 Å². The third kappa shape index (κ3) is 3.10. The molecule has 1 aromatic heterocycles. The molecular weight excluding hydrogens is 351 g/mol. The molecule has 0 saturated carbocycles. The molecule has 2 aliphatic heterocycles. The van der Waals surface area contributed by atoms with Gasteiger partial charge in [0.05, 0.1) is 12.7 Å². The molecule has 10 nitrogen and oxygen atoms in total. The van der Waals surface area contributed by atoms with Gasteiger partial charge in [-0.3, -0.25) is 18.1 Å². The number of hydrogen-bond donors (Lipinski definition) is 1. The van der Waals surface area contributed by atoms with Crippen LogP contribution in [0.4, 0.5) is 5.82 Å². The first kappa shape index (κ1) is 18.0. The van der Waals surface area contributed by atoms with E-state index >= 15 is 0 Å². The molecule has 0 radical (unpaired) electrons. The van der Waals surface area contributed by atoms with Crippen molar-refractivity contribution in [1.82, 2.24) is 9.55 Å². The number of anilines is 1. The molecule has 2 aliphatic rings. The van der Waals surface area contributed by atoms with Gasteiger partial charge < -0.3 is 15.3 Å². The molecule has 2 saturated heterocycles. The number of nitrogen functional groups attached to an aromatic ring is 1. The van der Waals surface area contributed by atoms with Crippen LogP contribution in [0, 0.1) is 6.57 Å². The lowest BCUT2D eigenvalue weighted by molar-refractivity contribution is -0.0748. The lowest BCUT2D eigenvalue weighted by Crippen LogP contribution is -2.47. The van der Waals surface area contributed by atoms with E-state index in [1.54, 1.807) is 20.8 Å². The molecule has 5 atom stereocenters. The Morgan fingerprint density at radius 2 is 2.32 bits per heavy atom. The summed E-state index contributed by atoms with van der Waals surface area (Å²) in [5, 5.41) is 0. The summed E-state index contributed by atoms with van der Waals surface area (Å²) in [6.07, 6.45) is -1.54. The maximum atomic E-state index is 12.6. The Morgan fingerprint density at radius 1 is 1.60 bits per heavy atom. The second kappa shape index (κ2) is 6.20. The lowest BCUT2D eigenvalue weighted by Gasteiger charge is -2.32. The Bertz CT molecular complexity index is 820. The minimum atomic E-state index is -3.82. The average Bonchev–Trinajstić information content (AvgIpc) is 2.79. The van der Waals surface area contributed by atoms with Crippen LogP contribution in [-0.2, 0) is 22.9 Å². The van der Waals surface area contributed by atoms with Crippen LogP contribution in [0.2, 0.25) is 0 Å². The highest BCUT2D eigenvalue weighted by Crippen LogP contribution is 2.59. The minimum Gasteiger partial charge on any atom is -0.383 e. The van der Waals surface area contributed by atoms with Crippen molar-refractivity contribution in [2.75, 3.05) is 12.3 Å². The van der Waals surface area contributed by atoms with E-state index in [1.165, 1.54) is 16.8 Å². The van der Waals surface area contributed by atoms with E-state index in [-0.39, 0.29) is 18.5 Å². The van der Waals surface area contributed by atoms with E-state index in [4.69, 9.17) is 30.6 Å². The van der Waals surface area contributed by atoms with Gasteiger partial charge in [-0.1, -0.05) is 0 Å². The van der Waals surface area contributed by atoms with Gasteiger partial charge in [0.15, 0.2) is 6.10 Å². The summed E-state index contributed by atoms with van der Waals surface area (Å²) in [4.78, 5) is 19.4. The molecule has 1 aromatic rings. The average molecular weight is 370 g/mol. The number of nitrogens with zero attached hydrogens (tertiary/aromatic N) is 3. The van der Waals surface area contributed by atoms with Crippen molar-refractivity contribution >= 4 is 13.6 Å². The van der Waals surface area contributed by atoms with Crippen molar-refractivity contribution in [1.29, 1.82) is 0 Å². The van der Waals surface area contributed by atoms with Crippen LogP contribution in [0.25, 0.3) is 4.85 Å². The van der Waals surface area contributed by atoms with Crippen molar-refractivity contribution < 1.29 is 22.9 Å². The molecule has 0 aromatic carbocycles. The molecule has 1 unspecified atom stereocenters. The van der Waals surface area contributed by atoms with Crippen molar-refractivity contribution in [2.24, 2.45) is 0 Å². The van der Waals surface area contributed by atoms with Crippen molar-refractivity contribution in [2.45, 2.75) is 50.8 Å². The molecule has 0 amide bonds. The summed E-state index contributed by atoms with van der Waals surface area (Å²) in [6.45, 7) is 12.5. The van der Waals surface area contributed by atoms with Crippen LogP contribution in [0.15, 0.2) is 17.1 Å². The maximum absolute atomic E-state index is 12.6. The zero-order valence-corrected chi connectivity index (χ0v) is 14.9. The topological polar surface area (TPSA) is 119 Å². The number of phosphoric ester groups is 1. The van der Waals surface area contributed by atoms with Gasteiger partial charge in [0, 0.05) is 13.1 Å². The van der Waals surface area contributed by atoms with E-state index in [0.717, 1.165) is 0 Å². The SMILES string of the molecule is [C-]#[N+][C@]1(C)[C@@H]2OP(=O)(OC(C)C)OC[C@H]2O[C@H]1n1ccc(N)nc1=O. The highest BCUT2D eigenvalue weighted by molar-refractivity contribution is 7.48. The standard InChI is InChI=1S/C14H19N4O6P/c1-8(2)23-25(20)21-7-9-11(24-25)14(3,16-4)12(22-9)18-6-5-10(15)17-13(18)19/h5-6,8-9,11-12H,7H2,1-3H3,(H2,15,17,19)/t9-,11-,12-,14-,25?/m1/s1. The molecule has 3 rings (SSSR count). The summed E-state index contributed by atoms with van der Waals surface area (Å²) in [5.41, 5.74) is 3.52. The largest absolute Gasteiger partial charge is 0.475 e. The van der Waals surface area contributed by atoms with E-state index in [9.17, 15) is 9.36 Å². The summed E-state index contributed by atoms with van der Waals surface area (Å²) < 4.78 is 35.6. The predicted octanol–water partition coefficient (Wildman–Crippen LogP) is 1.35. The summed E-state index contributed by atoms with van der Waals surface area (Å²) in [7, 11) is -3.82. The molecule has 3 heterocycles.